The van der Waals surface area contributed by atoms with Crippen molar-refractivity contribution in [2.45, 2.75) is 71.9 Å². The van der Waals surface area contributed by atoms with Crippen LogP contribution < -0.4 is 5.32 Å². The number of hydrogen-bond acceptors (Lipinski definition) is 2. The van der Waals surface area contributed by atoms with Gasteiger partial charge in [0.2, 0.25) is 0 Å². The summed E-state index contributed by atoms with van der Waals surface area (Å²) in [5.74, 6) is -0.874. The standard InChI is InChI=1S/C15H28N2O3/c1-11(2)17(10-8-13(18)19)14(20)16-12-7-5-6-9-15(12,3)4/h11-12H,5-10H2,1-4H3,(H,16,20)(H,18,19). The molecule has 116 valence electrons. The highest BCUT2D eigenvalue weighted by molar-refractivity contribution is 5.76. The summed E-state index contributed by atoms with van der Waals surface area (Å²) in [7, 11) is 0. The molecule has 2 amide bonds. The number of hydrogen-bond donors (Lipinski definition) is 2. The number of carboxylic acid groups (broad SMARTS) is 1. The first-order valence-electron chi connectivity index (χ1n) is 7.53. The zero-order chi connectivity index (χ0) is 15.3. The van der Waals surface area contributed by atoms with Gasteiger partial charge in [0, 0.05) is 18.6 Å². The Morgan fingerprint density at radius 2 is 2.00 bits per heavy atom. The number of rotatable bonds is 5. The van der Waals surface area contributed by atoms with E-state index in [0.717, 1.165) is 19.3 Å². The van der Waals surface area contributed by atoms with Gasteiger partial charge in [-0.25, -0.2) is 4.79 Å². The first kappa shape index (κ1) is 16.8. The first-order chi connectivity index (χ1) is 9.24. The summed E-state index contributed by atoms with van der Waals surface area (Å²) in [6, 6.07) is 0.0390. The lowest BCUT2D eigenvalue weighted by Crippen LogP contribution is -2.53. The van der Waals surface area contributed by atoms with Gasteiger partial charge in [-0.1, -0.05) is 26.7 Å². The predicted molar refractivity (Wildman–Crippen MR) is 78.7 cm³/mol. The van der Waals surface area contributed by atoms with Gasteiger partial charge in [0.15, 0.2) is 0 Å². The number of carbonyl (C=O) groups is 2. The number of nitrogens with one attached hydrogen (secondary N) is 1. The highest BCUT2D eigenvalue weighted by Gasteiger charge is 2.34. The Morgan fingerprint density at radius 3 is 2.50 bits per heavy atom. The molecule has 0 aliphatic heterocycles. The second-order valence-electron chi connectivity index (χ2n) is 6.67. The zero-order valence-electron chi connectivity index (χ0n) is 13.1. The summed E-state index contributed by atoms with van der Waals surface area (Å²) in [6.07, 6.45) is 4.47. The maximum absolute atomic E-state index is 12.4. The average Bonchev–Trinajstić information content (AvgIpc) is 2.31. The van der Waals surface area contributed by atoms with Crippen molar-refractivity contribution in [1.29, 1.82) is 0 Å². The summed E-state index contributed by atoms with van der Waals surface area (Å²) in [6.45, 7) is 8.45. The van der Waals surface area contributed by atoms with Crippen LogP contribution in [0.3, 0.4) is 0 Å². The van der Waals surface area contributed by atoms with Crippen LogP contribution in [0, 0.1) is 5.41 Å². The summed E-state index contributed by atoms with van der Waals surface area (Å²) < 4.78 is 0. The van der Waals surface area contributed by atoms with E-state index >= 15 is 0 Å². The molecule has 1 unspecified atom stereocenters. The van der Waals surface area contributed by atoms with Crippen LogP contribution in [-0.2, 0) is 4.79 Å². The molecule has 1 fully saturated rings. The van der Waals surface area contributed by atoms with E-state index in [1.807, 2.05) is 13.8 Å². The second kappa shape index (κ2) is 6.95. The highest BCUT2D eigenvalue weighted by Crippen LogP contribution is 2.35. The monoisotopic (exact) mass is 284 g/mol. The molecule has 1 atom stereocenters. The minimum absolute atomic E-state index is 0.000975. The van der Waals surface area contributed by atoms with Gasteiger partial charge < -0.3 is 15.3 Å². The molecule has 0 aromatic heterocycles. The lowest BCUT2D eigenvalue weighted by Gasteiger charge is -2.40. The van der Waals surface area contributed by atoms with Gasteiger partial charge in [-0.05, 0) is 32.1 Å². The van der Waals surface area contributed by atoms with Gasteiger partial charge in [-0.2, -0.15) is 0 Å². The molecule has 0 bridgehead atoms. The van der Waals surface area contributed by atoms with Crippen LogP contribution in [0.15, 0.2) is 0 Å². The average molecular weight is 284 g/mol. The molecule has 1 saturated carbocycles. The Balaban J connectivity index is 2.63. The van der Waals surface area contributed by atoms with Crippen LogP contribution in [0.1, 0.15) is 59.8 Å². The highest BCUT2D eigenvalue weighted by atomic mass is 16.4. The molecule has 20 heavy (non-hydrogen) atoms. The van der Waals surface area contributed by atoms with Crippen molar-refractivity contribution in [1.82, 2.24) is 10.2 Å². The normalized spacial score (nSPS) is 21.6. The third kappa shape index (κ3) is 4.69. The smallest absolute Gasteiger partial charge is 0.317 e. The lowest BCUT2D eigenvalue weighted by molar-refractivity contribution is -0.137. The molecule has 2 N–H and O–H groups in total. The Bertz CT molecular complexity index is 353. The van der Waals surface area contributed by atoms with Crippen LogP contribution in [0.25, 0.3) is 0 Å². The molecule has 0 aromatic carbocycles. The van der Waals surface area contributed by atoms with E-state index in [9.17, 15) is 9.59 Å². The molecule has 1 aliphatic carbocycles. The van der Waals surface area contributed by atoms with Crippen molar-refractivity contribution in [2.24, 2.45) is 5.41 Å². The van der Waals surface area contributed by atoms with E-state index in [-0.39, 0.29) is 36.5 Å². The number of aliphatic carboxylic acids is 1. The summed E-state index contributed by atoms with van der Waals surface area (Å²) >= 11 is 0. The lowest BCUT2D eigenvalue weighted by atomic mass is 9.73. The molecule has 0 spiro atoms. The Hall–Kier alpha value is -1.26. The van der Waals surface area contributed by atoms with Crippen molar-refractivity contribution >= 4 is 12.0 Å². The van der Waals surface area contributed by atoms with Crippen molar-refractivity contribution < 1.29 is 14.7 Å². The molecular weight excluding hydrogens is 256 g/mol. The summed E-state index contributed by atoms with van der Waals surface area (Å²) in [4.78, 5) is 24.7. The largest absolute Gasteiger partial charge is 0.481 e. The van der Waals surface area contributed by atoms with E-state index in [1.54, 1.807) is 4.90 Å². The molecule has 5 heteroatoms. The van der Waals surface area contributed by atoms with Crippen molar-refractivity contribution in [3.8, 4) is 0 Å². The van der Waals surface area contributed by atoms with Gasteiger partial charge >= 0.3 is 12.0 Å². The summed E-state index contributed by atoms with van der Waals surface area (Å²) in [5, 5.41) is 11.9. The topological polar surface area (TPSA) is 69.6 Å². The fraction of sp³-hybridized carbons (Fsp3) is 0.867. The summed E-state index contributed by atoms with van der Waals surface area (Å²) in [5.41, 5.74) is 0.114. The van der Waals surface area contributed by atoms with Gasteiger partial charge in [0.1, 0.15) is 0 Å². The molecule has 0 heterocycles. The fourth-order valence-electron chi connectivity index (χ4n) is 2.80. The third-order valence-electron chi connectivity index (χ3n) is 4.26. The Labute approximate surface area is 121 Å². The Kier molecular flexibility index (Phi) is 5.84. The Morgan fingerprint density at radius 1 is 1.35 bits per heavy atom. The van der Waals surface area contributed by atoms with E-state index in [2.05, 4.69) is 19.2 Å². The van der Waals surface area contributed by atoms with E-state index < -0.39 is 5.97 Å². The van der Waals surface area contributed by atoms with Gasteiger partial charge in [0.05, 0.1) is 6.42 Å². The molecule has 1 aliphatic rings. The van der Waals surface area contributed by atoms with Crippen LogP contribution in [0.2, 0.25) is 0 Å². The minimum Gasteiger partial charge on any atom is -0.481 e. The van der Waals surface area contributed by atoms with Gasteiger partial charge in [-0.15, -0.1) is 0 Å². The van der Waals surface area contributed by atoms with Crippen LogP contribution in [-0.4, -0.2) is 40.6 Å². The number of urea groups is 1. The maximum atomic E-state index is 12.4. The van der Waals surface area contributed by atoms with Gasteiger partial charge in [-0.3, -0.25) is 4.79 Å². The SMILES string of the molecule is CC(C)N(CCC(=O)O)C(=O)NC1CCCCC1(C)C. The molecule has 0 saturated heterocycles. The number of carbonyl (C=O) groups excluding carboxylic acids is 1. The number of amides is 2. The van der Waals surface area contributed by atoms with E-state index in [0.29, 0.717) is 0 Å². The molecular formula is C15H28N2O3. The predicted octanol–water partition coefficient (Wildman–Crippen LogP) is 2.85. The number of carboxylic acids is 1. The molecule has 0 radical (unpaired) electrons. The number of nitrogens with zero attached hydrogens (tertiary/aromatic N) is 1. The van der Waals surface area contributed by atoms with Crippen molar-refractivity contribution in [3.05, 3.63) is 0 Å². The van der Waals surface area contributed by atoms with Crippen molar-refractivity contribution in [2.75, 3.05) is 6.54 Å². The van der Waals surface area contributed by atoms with Crippen LogP contribution in [0.4, 0.5) is 4.79 Å². The van der Waals surface area contributed by atoms with Crippen LogP contribution in [0.5, 0.6) is 0 Å². The van der Waals surface area contributed by atoms with E-state index in [1.165, 1.54) is 6.42 Å². The van der Waals surface area contributed by atoms with E-state index in [4.69, 9.17) is 5.11 Å². The minimum atomic E-state index is -0.874. The fourth-order valence-corrected chi connectivity index (χ4v) is 2.80. The zero-order valence-corrected chi connectivity index (χ0v) is 13.1. The first-order valence-corrected chi connectivity index (χ1v) is 7.53. The molecule has 5 nitrogen and oxygen atoms in total. The van der Waals surface area contributed by atoms with Crippen molar-refractivity contribution in [3.63, 3.8) is 0 Å². The second-order valence-corrected chi connectivity index (χ2v) is 6.67. The quantitative estimate of drug-likeness (QED) is 0.815. The maximum Gasteiger partial charge on any atom is 0.317 e. The molecule has 0 aromatic rings. The third-order valence-corrected chi connectivity index (χ3v) is 4.26. The molecule has 1 rings (SSSR count). The van der Waals surface area contributed by atoms with Crippen LogP contribution >= 0.6 is 0 Å². The van der Waals surface area contributed by atoms with Gasteiger partial charge in [0.25, 0.3) is 0 Å².